The maximum Gasteiger partial charge on any atom is 0.226 e. The summed E-state index contributed by atoms with van der Waals surface area (Å²) in [6.07, 6.45) is 1.94. The van der Waals surface area contributed by atoms with Gasteiger partial charge < -0.3 is 14.2 Å². The van der Waals surface area contributed by atoms with Crippen LogP contribution in [0.5, 0.6) is 5.75 Å². The van der Waals surface area contributed by atoms with Gasteiger partial charge in [-0.15, -0.1) is 0 Å². The van der Waals surface area contributed by atoms with Crippen LogP contribution in [-0.2, 0) is 17.6 Å². The predicted molar refractivity (Wildman–Crippen MR) is 109 cm³/mol. The van der Waals surface area contributed by atoms with Gasteiger partial charge in [0.25, 0.3) is 0 Å². The Labute approximate surface area is 165 Å². The van der Waals surface area contributed by atoms with Crippen LogP contribution < -0.4 is 4.74 Å². The number of aromatic nitrogens is 1. The molecule has 1 heterocycles. The summed E-state index contributed by atoms with van der Waals surface area (Å²) in [4.78, 5) is 14.2. The van der Waals surface area contributed by atoms with Crippen molar-refractivity contribution in [2.45, 2.75) is 26.2 Å². The molecule has 0 atom stereocenters. The Balaban J connectivity index is 1.48. The minimum atomic E-state index is 0.0912. The van der Waals surface area contributed by atoms with E-state index in [2.05, 4.69) is 5.16 Å². The highest BCUT2D eigenvalue weighted by atomic mass is 16.5. The Kier molecular flexibility index (Phi) is 6.48. The number of carbonyl (C=O) groups is 1. The molecule has 1 aromatic heterocycles. The maximum atomic E-state index is 12.5. The Bertz CT molecular complexity index is 919. The summed E-state index contributed by atoms with van der Waals surface area (Å²) in [5.74, 6) is 1.74. The second-order valence-corrected chi connectivity index (χ2v) is 6.94. The van der Waals surface area contributed by atoms with Gasteiger partial charge >= 0.3 is 0 Å². The van der Waals surface area contributed by atoms with E-state index in [0.29, 0.717) is 13.0 Å². The lowest BCUT2D eigenvalue weighted by Crippen LogP contribution is -2.29. The molecule has 0 saturated carbocycles. The van der Waals surface area contributed by atoms with Gasteiger partial charge in [0.05, 0.1) is 13.5 Å². The van der Waals surface area contributed by atoms with Crippen LogP contribution in [-0.4, -0.2) is 36.7 Å². The molecule has 5 heteroatoms. The van der Waals surface area contributed by atoms with Crippen molar-refractivity contribution in [1.29, 1.82) is 0 Å². The van der Waals surface area contributed by atoms with Gasteiger partial charge in [0, 0.05) is 31.6 Å². The predicted octanol–water partition coefficient (Wildman–Crippen LogP) is 4.29. The zero-order chi connectivity index (χ0) is 19.9. The van der Waals surface area contributed by atoms with Crippen molar-refractivity contribution in [3.8, 4) is 17.0 Å². The minimum absolute atomic E-state index is 0.0912. The SMILES string of the molecule is COc1cc(CC(=O)N(C)CCCc2cc(-c3ccccc3)no2)ccc1C. The number of likely N-dealkylation sites (N-methyl/N-ethyl adjacent to an activating group) is 1. The van der Waals surface area contributed by atoms with E-state index in [0.717, 1.165) is 46.7 Å². The van der Waals surface area contributed by atoms with Crippen molar-refractivity contribution in [3.63, 3.8) is 0 Å². The molecule has 1 amide bonds. The summed E-state index contributed by atoms with van der Waals surface area (Å²) in [5.41, 5.74) is 3.91. The highest BCUT2D eigenvalue weighted by molar-refractivity contribution is 5.78. The van der Waals surface area contributed by atoms with E-state index < -0.39 is 0 Å². The molecule has 146 valence electrons. The number of amides is 1. The number of hydrogen-bond donors (Lipinski definition) is 0. The van der Waals surface area contributed by atoms with Crippen LogP contribution in [0.2, 0.25) is 0 Å². The first-order valence-corrected chi connectivity index (χ1v) is 9.45. The molecule has 0 unspecified atom stereocenters. The minimum Gasteiger partial charge on any atom is -0.496 e. The van der Waals surface area contributed by atoms with Crippen LogP contribution in [0.15, 0.2) is 59.1 Å². The molecule has 0 N–H and O–H groups in total. The van der Waals surface area contributed by atoms with Crippen molar-refractivity contribution < 1.29 is 14.1 Å². The zero-order valence-electron chi connectivity index (χ0n) is 16.6. The van der Waals surface area contributed by atoms with Crippen molar-refractivity contribution in [2.24, 2.45) is 0 Å². The maximum absolute atomic E-state index is 12.5. The first-order valence-electron chi connectivity index (χ1n) is 9.45. The van der Waals surface area contributed by atoms with Gasteiger partial charge in [-0.1, -0.05) is 47.6 Å². The quantitative estimate of drug-likeness (QED) is 0.587. The first-order chi connectivity index (χ1) is 13.6. The fourth-order valence-electron chi connectivity index (χ4n) is 3.07. The number of aryl methyl sites for hydroxylation is 2. The van der Waals surface area contributed by atoms with Gasteiger partial charge in [-0.3, -0.25) is 4.79 Å². The molecule has 5 nitrogen and oxygen atoms in total. The summed E-state index contributed by atoms with van der Waals surface area (Å²) in [6, 6.07) is 17.8. The normalized spacial score (nSPS) is 10.7. The van der Waals surface area contributed by atoms with E-state index >= 15 is 0 Å². The molecule has 3 aromatic rings. The Morgan fingerprint density at radius 3 is 2.68 bits per heavy atom. The lowest BCUT2D eigenvalue weighted by atomic mass is 10.1. The molecule has 0 radical (unpaired) electrons. The monoisotopic (exact) mass is 378 g/mol. The molecule has 0 aliphatic carbocycles. The second kappa shape index (κ2) is 9.22. The van der Waals surface area contributed by atoms with Gasteiger partial charge in [-0.2, -0.15) is 0 Å². The van der Waals surface area contributed by atoms with Gasteiger partial charge in [-0.25, -0.2) is 0 Å². The molecule has 0 bridgehead atoms. The molecule has 28 heavy (non-hydrogen) atoms. The molecule has 0 aliphatic heterocycles. The molecular formula is C23H26N2O3. The van der Waals surface area contributed by atoms with E-state index in [1.807, 2.05) is 68.6 Å². The van der Waals surface area contributed by atoms with Gasteiger partial charge in [0.2, 0.25) is 5.91 Å². The lowest BCUT2D eigenvalue weighted by Gasteiger charge is -2.17. The van der Waals surface area contributed by atoms with Crippen LogP contribution in [0.3, 0.4) is 0 Å². The molecule has 0 saturated heterocycles. The van der Waals surface area contributed by atoms with Crippen molar-refractivity contribution >= 4 is 5.91 Å². The first kappa shape index (κ1) is 19.7. The Morgan fingerprint density at radius 1 is 1.14 bits per heavy atom. The fourth-order valence-corrected chi connectivity index (χ4v) is 3.07. The lowest BCUT2D eigenvalue weighted by molar-refractivity contribution is -0.129. The Morgan fingerprint density at radius 2 is 1.93 bits per heavy atom. The van der Waals surface area contributed by atoms with Crippen LogP contribution in [0.1, 0.15) is 23.3 Å². The van der Waals surface area contributed by atoms with Crippen molar-refractivity contribution in [3.05, 3.63) is 71.5 Å². The molecule has 2 aromatic carbocycles. The molecule has 0 aliphatic rings. The average Bonchev–Trinajstić information content (AvgIpc) is 3.19. The van der Waals surface area contributed by atoms with Gasteiger partial charge in [0.15, 0.2) is 0 Å². The largest absolute Gasteiger partial charge is 0.496 e. The standard InChI is InChI=1S/C23H26N2O3/c1-17-11-12-18(14-22(17)27-3)15-23(26)25(2)13-7-10-20-16-21(24-28-20)19-8-5-4-6-9-19/h4-6,8-9,11-12,14,16H,7,10,13,15H2,1-3H3. The number of ether oxygens (including phenoxy) is 1. The van der Waals surface area contributed by atoms with Crippen LogP contribution >= 0.6 is 0 Å². The number of benzene rings is 2. The fraction of sp³-hybridized carbons (Fsp3) is 0.304. The van der Waals surface area contributed by atoms with Gasteiger partial charge in [0.1, 0.15) is 17.2 Å². The summed E-state index contributed by atoms with van der Waals surface area (Å²) >= 11 is 0. The van der Waals surface area contributed by atoms with E-state index in [-0.39, 0.29) is 5.91 Å². The number of rotatable bonds is 8. The third-order valence-electron chi connectivity index (χ3n) is 4.80. The van der Waals surface area contributed by atoms with E-state index in [1.54, 1.807) is 12.0 Å². The molecular weight excluding hydrogens is 352 g/mol. The third kappa shape index (κ3) is 5.00. The van der Waals surface area contributed by atoms with Crippen LogP contribution in [0, 0.1) is 6.92 Å². The average molecular weight is 378 g/mol. The smallest absolute Gasteiger partial charge is 0.226 e. The number of nitrogens with zero attached hydrogens (tertiary/aromatic N) is 2. The topological polar surface area (TPSA) is 55.6 Å². The number of hydrogen-bond acceptors (Lipinski definition) is 4. The summed E-state index contributed by atoms with van der Waals surface area (Å²) < 4.78 is 10.8. The summed E-state index contributed by atoms with van der Waals surface area (Å²) in [7, 11) is 3.48. The second-order valence-electron chi connectivity index (χ2n) is 6.94. The van der Waals surface area contributed by atoms with E-state index in [1.165, 1.54) is 0 Å². The highest BCUT2D eigenvalue weighted by Crippen LogP contribution is 2.20. The third-order valence-corrected chi connectivity index (χ3v) is 4.80. The number of methoxy groups -OCH3 is 1. The van der Waals surface area contributed by atoms with Gasteiger partial charge in [-0.05, 0) is 30.5 Å². The number of carbonyl (C=O) groups excluding carboxylic acids is 1. The summed E-state index contributed by atoms with van der Waals surface area (Å²) in [5, 5.41) is 4.13. The molecule has 0 spiro atoms. The zero-order valence-corrected chi connectivity index (χ0v) is 16.6. The molecule has 3 rings (SSSR count). The van der Waals surface area contributed by atoms with Crippen molar-refractivity contribution in [1.82, 2.24) is 10.1 Å². The van der Waals surface area contributed by atoms with Crippen molar-refractivity contribution in [2.75, 3.05) is 20.7 Å². The highest BCUT2D eigenvalue weighted by Gasteiger charge is 2.12. The molecule has 0 fully saturated rings. The Hall–Kier alpha value is -3.08. The van der Waals surface area contributed by atoms with Crippen LogP contribution in [0.25, 0.3) is 11.3 Å². The van der Waals surface area contributed by atoms with Crippen LogP contribution in [0.4, 0.5) is 0 Å². The van der Waals surface area contributed by atoms with E-state index in [4.69, 9.17) is 9.26 Å². The summed E-state index contributed by atoms with van der Waals surface area (Å²) in [6.45, 7) is 2.66. The van der Waals surface area contributed by atoms with E-state index in [9.17, 15) is 4.79 Å².